The number of aliphatic imine (C=N–C) groups is 1. The van der Waals surface area contributed by atoms with Gasteiger partial charge in [0.05, 0.1) is 13.1 Å². The van der Waals surface area contributed by atoms with E-state index in [9.17, 15) is 0 Å². The fourth-order valence-electron chi connectivity index (χ4n) is 2.67. The van der Waals surface area contributed by atoms with Crippen LogP contribution in [-0.4, -0.2) is 42.0 Å². The largest absolute Gasteiger partial charge is 0.381 e. The number of unbranched alkanes of at least 4 members (excludes halogenated alkanes) is 1. The van der Waals surface area contributed by atoms with Gasteiger partial charge in [-0.3, -0.25) is 4.68 Å². The lowest BCUT2D eigenvalue weighted by Crippen LogP contribution is -2.38. The summed E-state index contributed by atoms with van der Waals surface area (Å²) in [6.07, 6.45) is 7.07. The van der Waals surface area contributed by atoms with Gasteiger partial charge in [0.2, 0.25) is 0 Å². The first-order valence-electron chi connectivity index (χ1n) is 9.97. The van der Waals surface area contributed by atoms with Gasteiger partial charge in [0.15, 0.2) is 5.96 Å². The van der Waals surface area contributed by atoms with Crippen LogP contribution in [0.5, 0.6) is 0 Å². The molecule has 0 fully saturated rings. The highest BCUT2D eigenvalue weighted by Gasteiger charge is 2.04. The average Bonchev–Trinajstić information content (AvgIpc) is 3.19. The van der Waals surface area contributed by atoms with Gasteiger partial charge in [-0.1, -0.05) is 37.6 Å². The van der Waals surface area contributed by atoms with Crippen LogP contribution in [0.15, 0.2) is 47.7 Å². The van der Waals surface area contributed by atoms with E-state index in [2.05, 4.69) is 53.8 Å². The molecule has 1 heterocycles. The van der Waals surface area contributed by atoms with Crippen molar-refractivity contribution in [2.45, 2.75) is 46.2 Å². The highest BCUT2D eigenvalue weighted by molar-refractivity contribution is 5.79. The Hall–Kier alpha value is -2.34. The second-order valence-electron chi connectivity index (χ2n) is 6.41. The average molecular weight is 372 g/mol. The quantitative estimate of drug-likeness (QED) is 0.342. The molecule has 2 rings (SSSR count). The van der Waals surface area contributed by atoms with Crippen LogP contribution in [0.2, 0.25) is 0 Å². The van der Waals surface area contributed by atoms with Crippen LogP contribution in [-0.2, 0) is 17.8 Å². The molecule has 0 unspecified atom stereocenters. The molecule has 0 spiro atoms. The van der Waals surface area contributed by atoms with Gasteiger partial charge in [-0.15, -0.1) is 0 Å². The van der Waals surface area contributed by atoms with Crippen molar-refractivity contribution in [1.82, 2.24) is 20.4 Å². The maximum atomic E-state index is 5.60. The lowest BCUT2D eigenvalue weighted by Gasteiger charge is -2.13. The van der Waals surface area contributed by atoms with E-state index in [0.717, 1.165) is 51.6 Å². The summed E-state index contributed by atoms with van der Waals surface area (Å²) in [5, 5.41) is 11.0. The van der Waals surface area contributed by atoms with Gasteiger partial charge >= 0.3 is 0 Å². The molecule has 0 bridgehead atoms. The summed E-state index contributed by atoms with van der Waals surface area (Å²) in [5.74, 6) is 0.847. The van der Waals surface area contributed by atoms with Crippen LogP contribution in [0, 0.1) is 0 Å². The molecule has 0 aliphatic carbocycles. The standard InChI is InChI=1S/C21H33N5O/c1-3-5-15-27-16-9-12-23-21(22-4-2)24-17-19-10-6-7-11-20(19)18-26-14-8-13-25-26/h6-8,10-11,13-14H,3-5,9,12,15-18H2,1-2H3,(H2,22,23,24). The minimum Gasteiger partial charge on any atom is -0.381 e. The van der Waals surface area contributed by atoms with Crippen molar-refractivity contribution in [3.8, 4) is 0 Å². The van der Waals surface area contributed by atoms with Crippen LogP contribution < -0.4 is 10.6 Å². The Morgan fingerprint density at radius 1 is 1.07 bits per heavy atom. The number of aromatic nitrogens is 2. The van der Waals surface area contributed by atoms with Gasteiger partial charge in [-0.2, -0.15) is 5.10 Å². The van der Waals surface area contributed by atoms with Gasteiger partial charge in [-0.25, -0.2) is 4.99 Å². The van der Waals surface area contributed by atoms with Crippen LogP contribution in [0.1, 0.15) is 44.2 Å². The zero-order chi connectivity index (χ0) is 19.2. The Morgan fingerprint density at radius 3 is 2.63 bits per heavy atom. The van der Waals surface area contributed by atoms with Crippen molar-refractivity contribution >= 4 is 5.96 Å². The summed E-state index contributed by atoms with van der Waals surface area (Å²) in [6.45, 7) is 9.00. The first-order chi connectivity index (χ1) is 13.3. The number of nitrogens with one attached hydrogen (secondary N) is 2. The van der Waals surface area contributed by atoms with Crippen LogP contribution in [0.4, 0.5) is 0 Å². The molecule has 148 valence electrons. The van der Waals surface area contributed by atoms with Gasteiger partial charge < -0.3 is 15.4 Å². The van der Waals surface area contributed by atoms with Crippen LogP contribution in [0.3, 0.4) is 0 Å². The molecule has 6 nitrogen and oxygen atoms in total. The topological polar surface area (TPSA) is 63.5 Å². The zero-order valence-corrected chi connectivity index (χ0v) is 16.7. The molecule has 2 N–H and O–H groups in total. The number of ether oxygens (including phenoxy) is 1. The van der Waals surface area contributed by atoms with Gasteiger partial charge in [-0.05, 0) is 37.0 Å². The third-order valence-electron chi connectivity index (χ3n) is 4.16. The summed E-state index contributed by atoms with van der Waals surface area (Å²) in [4.78, 5) is 4.74. The maximum absolute atomic E-state index is 5.60. The molecule has 0 aliphatic rings. The highest BCUT2D eigenvalue weighted by Crippen LogP contribution is 2.11. The Balaban J connectivity index is 1.85. The minimum absolute atomic E-state index is 0.639. The second-order valence-corrected chi connectivity index (χ2v) is 6.41. The monoisotopic (exact) mass is 371 g/mol. The predicted octanol–water partition coefficient (Wildman–Crippen LogP) is 3.19. The van der Waals surface area contributed by atoms with Crippen LogP contribution >= 0.6 is 0 Å². The number of benzene rings is 1. The highest BCUT2D eigenvalue weighted by atomic mass is 16.5. The number of guanidine groups is 1. The Kier molecular flexibility index (Phi) is 10.0. The van der Waals surface area contributed by atoms with Crippen molar-refractivity contribution in [2.24, 2.45) is 4.99 Å². The van der Waals surface area contributed by atoms with E-state index in [1.807, 2.05) is 16.9 Å². The molecular weight excluding hydrogens is 338 g/mol. The molecule has 1 aromatic carbocycles. The Morgan fingerprint density at radius 2 is 1.89 bits per heavy atom. The van der Waals surface area contributed by atoms with E-state index in [4.69, 9.17) is 9.73 Å². The molecule has 0 atom stereocenters. The molecular formula is C21H33N5O. The lowest BCUT2D eigenvalue weighted by atomic mass is 10.1. The van der Waals surface area contributed by atoms with Crippen molar-refractivity contribution in [3.05, 3.63) is 53.9 Å². The first-order valence-corrected chi connectivity index (χ1v) is 9.97. The lowest BCUT2D eigenvalue weighted by molar-refractivity contribution is 0.129. The zero-order valence-electron chi connectivity index (χ0n) is 16.7. The number of rotatable bonds is 12. The summed E-state index contributed by atoms with van der Waals surface area (Å²) in [7, 11) is 0. The molecule has 27 heavy (non-hydrogen) atoms. The van der Waals surface area contributed by atoms with Gasteiger partial charge in [0, 0.05) is 38.7 Å². The van der Waals surface area contributed by atoms with Crippen molar-refractivity contribution in [3.63, 3.8) is 0 Å². The predicted molar refractivity (Wildman–Crippen MR) is 111 cm³/mol. The van der Waals surface area contributed by atoms with E-state index in [-0.39, 0.29) is 0 Å². The van der Waals surface area contributed by atoms with Crippen LogP contribution in [0.25, 0.3) is 0 Å². The third kappa shape index (κ3) is 8.26. The fourth-order valence-corrected chi connectivity index (χ4v) is 2.67. The summed E-state index contributed by atoms with van der Waals surface area (Å²) < 4.78 is 7.54. The first kappa shape index (κ1) is 21.0. The molecule has 2 aromatic rings. The third-order valence-corrected chi connectivity index (χ3v) is 4.16. The Bertz CT molecular complexity index is 654. The van der Waals surface area contributed by atoms with Crippen molar-refractivity contribution in [2.75, 3.05) is 26.3 Å². The van der Waals surface area contributed by atoms with E-state index in [1.165, 1.54) is 17.5 Å². The smallest absolute Gasteiger partial charge is 0.191 e. The van der Waals surface area contributed by atoms with E-state index >= 15 is 0 Å². The summed E-state index contributed by atoms with van der Waals surface area (Å²) in [5.41, 5.74) is 2.46. The minimum atomic E-state index is 0.639. The molecule has 0 aliphatic heterocycles. The summed E-state index contributed by atoms with van der Waals surface area (Å²) in [6, 6.07) is 10.3. The van der Waals surface area contributed by atoms with Crippen molar-refractivity contribution in [1.29, 1.82) is 0 Å². The van der Waals surface area contributed by atoms with E-state index in [0.29, 0.717) is 6.54 Å². The summed E-state index contributed by atoms with van der Waals surface area (Å²) >= 11 is 0. The molecule has 0 saturated heterocycles. The molecule has 6 heteroatoms. The van der Waals surface area contributed by atoms with Gasteiger partial charge in [0.1, 0.15) is 0 Å². The molecule has 0 amide bonds. The number of nitrogens with zero attached hydrogens (tertiary/aromatic N) is 3. The SMILES string of the molecule is CCCCOCCCNC(=NCc1ccccc1Cn1cccn1)NCC. The molecule has 1 aromatic heterocycles. The number of hydrogen-bond acceptors (Lipinski definition) is 3. The van der Waals surface area contributed by atoms with Crippen molar-refractivity contribution < 1.29 is 4.74 Å². The molecule has 0 saturated carbocycles. The molecule has 0 radical (unpaired) electrons. The van der Waals surface area contributed by atoms with E-state index < -0.39 is 0 Å². The van der Waals surface area contributed by atoms with Gasteiger partial charge in [0.25, 0.3) is 0 Å². The van der Waals surface area contributed by atoms with E-state index in [1.54, 1.807) is 6.20 Å². The number of hydrogen-bond donors (Lipinski definition) is 2. The normalized spacial score (nSPS) is 11.6. The Labute approximate surface area is 163 Å². The maximum Gasteiger partial charge on any atom is 0.191 e. The second kappa shape index (κ2) is 12.9. The fraction of sp³-hybridized carbons (Fsp3) is 0.524.